The van der Waals surface area contributed by atoms with Crippen molar-refractivity contribution >= 4 is 46.1 Å². The molecule has 3 heterocycles. The Labute approximate surface area is 227 Å². The standard InChI is InChI=1S/C26H30N8O4S/c1-7-18-11-14-22(27-20(18)8-2)28-24(35)29-23-15-21(26(3,4)5)30-34(23)19-12-9-17(10-13-19)16-33-32(6)25(36)31-39(33,37)38/h7-15H,1-2,16H2,3-6H3,(H,31,36)(H2,27,28,29,35). The van der Waals surface area contributed by atoms with E-state index < -0.39 is 22.3 Å². The van der Waals surface area contributed by atoms with Gasteiger partial charge in [0.25, 0.3) is 0 Å². The first-order valence-electron chi connectivity index (χ1n) is 11.9. The number of pyridine rings is 1. The number of benzene rings is 1. The third kappa shape index (κ3) is 5.84. The summed E-state index contributed by atoms with van der Waals surface area (Å²) in [4.78, 5) is 29.0. The first-order chi connectivity index (χ1) is 18.3. The van der Waals surface area contributed by atoms with E-state index in [9.17, 15) is 18.0 Å². The second-order valence-corrected chi connectivity index (χ2v) is 11.4. The van der Waals surface area contributed by atoms with Crippen LogP contribution in [0.15, 0.2) is 55.6 Å². The van der Waals surface area contributed by atoms with Crippen molar-refractivity contribution < 1.29 is 18.0 Å². The van der Waals surface area contributed by atoms with Crippen molar-refractivity contribution in [3.05, 3.63) is 78.1 Å². The highest BCUT2D eigenvalue weighted by Gasteiger charge is 2.38. The number of urea groups is 2. The molecule has 4 rings (SSSR count). The highest BCUT2D eigenvalue weighted by molar-refractivity contribution is 7.88. The summed E-state index contributed by atoms with van der Waals surface area (Å²) in [5.74, 6) is 0.766. The van der Waals surface area contributed by atoms with Crippen LogP contribution in [0.5, 0.6) is 0 Å². The van der Waals surface area contributed by atoms with Crippen molar-refractivity contribution in [2.75, 3.05) is 17.7 Å². The lowest BCUT2D eigenvalue weighted by Crippen LogP contribution is -2.36. The molecule has 0 spiro atoms. The van der Waals surface area contributed by atoms with Gasteiger partial charge in [0.15, 0.2) is 0 Å². The third-order valence-electron chi connectivity index (χ3n) is 5.95. The Morgan fingerprint density at radius 1 is 1.08 bits per heavy atom. The van der Waals surface area contributed by atoms with Gasteiger partial charge < -0.3 is 0 Å². The molecule has 0 unspecified atom stereocenters. The van der Waals surface area contributed by atoms with Crippen molar-refractivity contribution in [1.29, 1.82) is 0 Å². The van der Waals surface area contributed by atoms with Crippen LogP contribution in [0.3, 0.4) is 0 Å². The Morgan fingerprint density at radius 2 is 1.77 bits per heavy atom. The summed E-state index contributed by atoms with van der Waals surface area (Å²) in [5.41, 5.74) is 3.12. The molecule has 0 radical (unpaired) electrons. The third-order valence-corrected chi connectivity index (χ3v) is 7.31. The maximum Gasteiger partial charge on any atom is 0.347 e. The summed E-state index contributed by atoms with van der Waals surface area (Å²) in [6.07, 6.45) is 3.24. The van der Waals surface area contributed by atoms with Crippen LogP contribution in [-0.4, -0.2) is 51.7 Å². The average Bonchev–Trinajstić information content (AvgIpc) is 3.38. The van der Waals surface area contributed by atoms with Crippen LogP contribution in [0.4, 0.5) is 21.2 Å². The predicted octanol–water partition coefficient (Wildman–Crippen LogP) is 4.11. The van der Waals surface area contributed by atoms with Crippen molar-refractivity contribution in [2.45, 2.75) is 32.7 Å². The maximum absolute atomic E-state index is 12.9. The molecule has 0 saturated carbocycles. The average molecular weight is 551 g/mol. The number of amides is 4. The van der Waals surface area contributed by atoms with E-state index in [1.807, 2.05) is 25.5 Å². The Morgan fingerprint density at radius 3 is 2.33 bits per heavy atom. The van der Waals surface area contributed by atoms with E-state index in [-0.39, 0.29) is 12.0 Å². The monoisotopic (exact) mass is 550 g/mol. The molecule has 13 heteroatoms. The summed E-state index contributed by atoms with van der Waals surface area (Å²) in [7, 11) is -2.57. The fraction of sp³-hybridized carbons (Fsp3) is 0.231. The van der Waals surface area contributed by atoms with Crippen LogP contribution in [0.25, 0.3) is 17.8 Å². The van der Waals surface area contributed by atoms with Gasteiger partial charge in [0.1, 0.15) is 11.6 Å². The quantitative estimate of drug-likeness (QED) is 0.404. The molecule has 39 heavy (non-hydrogen) atoms. The molecule has 1 saturated heterocycles. The molecule has 2 aromatic heterocycles. The van der Waals surface area contributed by atoms with Crippen LogP contribution >= 0.6 is 0 Å². The van der Waals surface area contributed by atoms with Crippen molar-refractivity contribution in [2.24, 2.45) is 0 Å². The highest BCUT2D eigenvalue weighted by Crippen LogP contribution is 2.27. The molecule has 3 aromatic rings. The highest BCUT2D eigenvalue weighted by atomic mass is 32.2. The topological polar surface area (TPSA) is 142 Å². The molecule has 12 nitrogen and oxygen atoms in total. The number of aromatic nitrogens is 3. The van der Waals surface area contributed by atoms with Gasteiger partial charge in [-0.1, -0.05) is 56.6 Å². The minimum Gasteiger partial charge on any atom is -0.292 e. The van der Waals surface area contributed by atoms with Gasteiger partial charge in [-0.3, -0.25) is 10.6 Å². The van der Waals surface area contributed by atoms with Gasteiger partial charge >= 0.3 is 22.3 Å². The van der Waals surface area contributed by atoms with Gasteiger partial charge in [-0.15, -0.1) is 0 Å². The van der Waals surface area contributed by atoms with E-state index in [2.05, 4.69) is 28.8 Å². The number of hydrogen-bond donors (Lipinski definition) is 3. The van der Waals surface area contributed by atoms with E-state index in [1.165, 1.54) is 7.05 Å². The molecule has 3 N–H and O–H groups in total. The van der Waals surface area contributed by atoms with Crippen LogP contribution < -0.4 is 15.4 Å². The molecule has 204 valence electrons. The minimum atomic E-state index is -3.94. The van der Waals surface area contributed by atoms with Crippen molar-refractivity contribution in [3.8, 4) is 5.69 Å². The van der Waals surface area contributed by atoms with E-state index in [0.717, 1.165) is 20.7 Å². The van der Waals surface area contributed by atoms with Crippen molar-refractivity contribution in [3.63, 3.8) is 0 Å². The largest absolute Gasteiger partial charge is 0.347 e. The number of rotatable bonds is 7. The van der Waals surface area contributed by atoms with E-state index in [4.69, 9.17) is 5.10 Å². The summed E-state index contributed by atoms with van der Waals surface area (Å²) >= 11 is 0. The summed E-state index contributed by atoms with van der Waals surface area (Å²) in [6.45, 7) is 13.5. The fourth-order valence-corrected chi connectivity index (χ4v) is 4.94. The van der Waals surface area contributed by atoms with Gasteiger partial charge in [-0.25, -0.2) is 29.0 Å². The zero-order chi connectivity index (χ0) is 28.5. The maximum atomic E-state index is 12.9. The van der Waals surface area contributed by atoms with Gasteiger partial charge in [0.2, 0.25) is 0 Å². The summed E-state index contributed by atoms with van der Waals surface area (Å²) in [5, 5.41) is 11.3. The molecular formula is C26H30N8O4S. The normalized spacial score (nSPS) is 15.1. The second-order valence-electron chi connectivity index (χ2n) is 9.82. The molecule has 1 fully saturated rings. The lowest BCUT2D eigenvalue weighted by Gasteiger charge is -2.20. The van der Waals surface area contributed by atoms with Crippen LogP contribution in [-0.2, 0) is 22.2 Å². The Hall–Kier alpha value is -4.49. The van der Waals surface area contributed by atoms with Gasteiger partial charge in [0.05, 0.1) is 23.6 Å². The fourth-order valence-electron chi connectivity index (χ4n) is 3.77. The number of hydrogen-bond acceptors (Lipinski definition) is 6. The van der Waals surface area contributed by atoms with E-state index >= 15 is 0 Å². The first-order valence-corrected chi connectivity index (χ1v) is 13.4. The number of nitrogens with one attached hydrogen (secondary N) is 3. The molecule has 1 aromatic carbocycles. The van der Waals surface area contributed by atoms with Gasteiger partial charge in [0, 0.05) is 18.5 Å². The number of carbonyl (C=O) groups is 2. The van der Waals surface area contributed by atoms with Crippen LogP contribution in [0, 0.1) is 0 Å². The molecular weight excluding hydrogens is 520 g/mol. The van der Waals surface area contributed by atoms with Gasteiger partial charge in [-0.05, 0) is 41.5 Å². The molecule has 1 aliphatic heterocycles. The smallest absolute Gasteiger partial charge is 0.292 e. The Balaban J connectivity index is 1.58. The number of nitrogens with zero attached hydrogens (tertiary/aromatic N) is 5. The first kappa shape index (κ1) is 27.5. The Bertz CT molecular complexity index is 1560. The predicted molar refractivity (Wildman–Crippen MR) is 150 cm³/mol. The number of anilines is 2. The molecule has 1 aliphatic rings. The molecule has 4 amide bonds. The SMILES string of the molecule is C=Cc1ccc(NC(=O)Nc2cc(C(C)(C)C)nn2-c2ccc(CN3N(C)C(=O)NS3(=O)=O)cc2)nc1C=C. The van der Waals surface area contributed by atoms with Crippen LogP contribution in [0.2, 0.25) is 0 Å². The Kier molecular flexibility index (Phi) is 7.31. The molecule has 0 atom stereocenters. The van der Waals surface area contributed by atoms with Gasteiger partial charge in [-0.2, -0.15) is 13.5 Å². The lowest BCUT2D eigenvalue weighted by molar-refractivity contribution is 0.132. The zero-order valence-corrected chi connectivity index (χ0v) is 22.9. The summed E-state index contributed by atoms with van der Waals surface area (Å²) in [6, 6.07) is 11.0. The van der Waals surface area contributed by atoms with E-state index in [1.54, 1.807) is 59.3 Å². The molecule has 0 aliphatic carbocycles. The number of carbonyl (C=O) groups excluding carboxylic acids is 2. The molecule has 0 bridgehead atoms. The summed E-state index contributed by atoms with van der Waals surface area (Å²) < 4.78 is 28.9. The minimum absolute atomic E-state index is 0.0396. The zero-order valence-electron chi connectivity index (χ0n) is 22.1. The second kappa shape index (κ2) is 10.3. The lowest BCUT2D eigenvalue weighted by atomic mass is 9.92. The number of hydrazine groups is 1. The van der Waals surface area contributed by atoms with E-state index in [0.29, 0.717) is 28.6 Å². The van der Waals surface area contributed by atoms with Crippen LogP contribution in [0.1, 0.15) is 43.3 Å². The van der Waals surface area contributed by atoms with Crippen molar-refractivity contribution in [1.82, 2.24) is 28.9 Å².